The van der Waals surface area contributed by atoms with Crippen LogP contribution in [0.2, 0.25) is 0 Å². The molecule has 1 unspecified atom stereocenters. The number of rotatable bonds is 4. The molecule has 4 rings (SSSR count). The molecule has 1 saturated carbocycles. The quantitative estimate of drug-likeness (QED) is 0.788. The number of likely N-dealkylation sites (tertiary alicyclic amines) is 1. The number of fused-ring (bicyclic) bond motifs is 1. The Morgan fingerprint density at radius 2 is 1.77 bits per heavy atom. The molecule has 1 atom stereocenters. The lowest BCUT2D eigenvalue weighted by Gasteiger charge is -2.35. The van der Waals surface area contributed by atoms with Crippen molar-refractivity contribution in [1.82, 2.24) is 10.2 Å². The first-order valence-corrected chi connectivity index (χ1v) is 10.7. The number of carbonyl (C=O) groups excluding carboxylic acids is 3. The van der Waals surface area contributed by atoms with Crippen molar-refractivity contribution >= 4 is 28.6 Å². The van der Waals surface area contributed by atoms with Gasteiger partial charge < -0.3 is 15.0 Å². The number of carbonyl (C=O) groups is 3. The molecule has 0 bridgehead atoms. The first-order valence-electron chi connectivity index (χ1n) is 10.7. The van der Waals surface area contributed by atoms with E-state index in [4.69, 9.17) is 4.74 Å². The Morgan fingerprint density at radius 1 is 1.03 bits per heavy atom. The number of amides is 2. The molecule has 2 amide bonds. The second-order valence-corrected chi connectivity index (χ2v) is 8.39. The molecule has 1 N–H and O–H groups in total. The normalized spacial score (nSPS) is 20.7. The molecule has 1 heterocycles. The zero-order valence-corrected chi connectivity index (χ0v) is 17.4. The predicted molar refractivity (Wildman–Crippen MR) is 114 cm³/mol. The van der Waals surface area contributed by atoms with Crippen molar-refractivity contribution in [3.05, 3.63) is 48.0 Å². The first-order chi connectivity index (χ1) is 14.5. The standard InChI is InChI=1S/C24H28N2O4/c1-30-23(29)24(13-4-5-14-24)25-21(27)18-10-7-15-26(16-18)22(28)20-12-6-9-17-8-2-3-11-19(17)20/h2-3,6,8-9,11-12,18H,4-5,7,10,13-16H2,1H3,(H,25,27). The molecule has 0 aromatic heterocycles. The van der Waals surface area contributed by atoms with Crippen LogP contribution in [0, 0.1) is 5.92 Å². The summed E-state index contributed by atoms with van der Waals surface area (Å²) in [7, 11) is 1.36. The number of piperidine rings is 1. The monoisotopic (exact) mass is 408 g/mol. The summed E-state index contributed by atoms with van der Waals surface area (Å²) >= 11 is 0. The van der Waals surface area contributed by atoms with Crippen molar-refractivity contribution in [2.24, 2.45) is 5.92 Å². The molecule has 30 heavy (non-hydrogen) atoms. The van der Waals surface area contributed by atoms with Gasteiger partial charge in [0.25, 0.3) is 5.91 Å². The number of ether oxygens (including phenoxy) is 1. The van der Waals surface area contributed by atoms with E-state index in [1.807, 2.05) is 42.5 Å². The molecule has 0 spiro atoms. The molecule has 2 fully saturated rings. The molecule has 6 nitrogen and oxygen atoms in total. The molecule has 2 aliphatic rings. The van der Waals surface area contributed by atoms with Crippen molar-refractivity contribution in [3.63, 3.8) is 0 Å². The van der Waals surface area contributed by atoms with Crippen LogP contribution in [0.4, 0.5) is 0 Å². The van der Waals surface area contributed by atoms with Crippen LogP contribution in [-0.4, -0.2) is 48.4 Å². The fraction of sp³-hybridized carbons (Fsp3) is 0.458. The minimum absolute atomic E-state index is 0.0483. The summed E-state index contributed by atoms with van der Waals surface area (Å²) in [6, 6.07) is 13.6. The zero-order chi connectivity index (χ0) is 21.1. The molecule has 2 aromatic rings. The molecule has 6 heteroatoms. The maximum atomic E-state index is 13.3. The molecule has 2 aromatic carbocycles. The van der Waals surface area contributed by atoms with Gasteiger partial charge in [0.1, 0.15) is 5.54 Å². The van der Waals surface area contributed by atoms with Gasteiger partial charge in [-0.3, -0.25) is 9.59 Å². The smallest absolute Gasteiger partial charge is 0.331 e. The van der Waals surface area contributed by atoms with Gasteiger partial charge in [-0.2, -0.15) is 0 Å². The van der Waals surface area contributed by atoms with Gasteiger partial charge in [-0.15, -0.1) is 0 Å². The van der Waals surface area contributed by atoms with Gasteiger partial charge in [-0.25, -0.2) is 4.79 Å². The number of benzene rings is 2. The Morgan fingerprint density at radius 3 is 2.53 bits per heavy atom. The van der Waals surface area contributed by atoms with Crippen molar-refractivity contribution in [2.45, 2.75) is 44.1 Å². The van der Waals surface area contributed by atoms with Gasteiger partial charge in [0.15, 0.2) is 0 Å². The molecular formula is C24H28N2O4. The molecule has 1 aliphatic carbocycles. The summed E-state index contributed by atoms with van der Waals surface area (Å²) in [5.41, 5.74) is -0.246. The number of hydrogen-bond acceptors (Lipinski definition) is 4. The van der Waals surface area contributed by atoms with E-state index in [0.717, 1.165) is 30.0 Å². The van der Waals surface area contributed by atoms with Gasteiger partial charge in [0, 0.05) is 18.7 Å². The first kappa shape index (κ1) is 20.4. The molecule has 1 aliphatic heterocycles. The van der Waals surface area contributed by atoms with Crippen molar-refractivity contribution in [3.8, 4) is 0 Å². The number of esters is 1. The van der Waals surface area contributed by atoms with E-state index in [1.165, 1.54) is 7.11 Å². The highest BCUT2D eigenvalue weighted by atomic mass is 16.5. The molecule has 158 valence electrons. The average Bonchev–Trinajstić information content (AvgIpc) is 3.27. The third-order valence-corrected chi connectivity index (χ3v) is 6.50. The summed E-state index contributed by atoms with van der Waals surface area (Å²) in [6.07, 6.45) is 4.48. The van der Waals surface area contributed by atoms with Gasteiger partial charge >= 0.3 is 5.97 Å². The summed E-state index contributed by atoms with van der Waals surface area (Å²) < 4.78 is 4.97. The maximum absolute atomic E-state index is 13.3. The van der Waals surface area contributed by atoms with E-state index >= 15 is 0 Å². The van der Waals surface area contributed by atoms with Gasteiger partial charge in [0.05, 0.1) is 13.0 Å². The second kappa shape index (κ2) is 8.46. The van der Waals surface area contributed by atoms with E-state index in [2.05, 4.69) is 5.32 Å². The van der Waals surface area contributed by atoms with Crippen LogP contribution in [0.5, 0.6) is 0 Å². The summed E-state index contributed by atoms with van der Waals surface area (Å²) in [4.78, 5) is 40.4. The van der Waals surface area contributed by atoms with E-state index in [9.17, 15) is 14.4 Å². The minimum atomic E-state index is -0.909. The Balaban J connectivity index is 1.49. The van der Waals surface area contributed by atoms with Crippen LogP contribution < -0.4 is 5.32 Å². The lowest BCUT2D eigenvalue weighted by atomic mass is 9.92. The lowest BCUT2D eigenvalue weighted by molar-refractivity contribution is -0.151. The third-order valence-electron chi connectivity index (χ3n) is 6.50. The van der Waals surface area contributed by atoms with E-state index in [-0.39, 0.29) is 23.7 Å². The number of nitrogens with one attached hydrogen (secondary N) is 1. The van der Waals surface area contributed by atoms with Gasteiger partial charge in [0.2, 0.25) is 5.91 Å². The van der Waals surface area contributed by atoms with Crippen LogP contribution in [-0.2, 0) is 14.3 Å². The highest BCUT2D eigenvalue weighted by Gasteiger charge is 2.45. The molecule has 0 radical (unpaired) electrons. The summed E-state index contributed by atoms with van der Waals surface area (Å²) in [5.74, 6) is -0.891. The van der Waals surface area contributed by atoms with Crippen LogP contribution in [0.15, 0.2) is 42.5 Å². The minimum Gasteiger partial charge on any atom is -0.467 e. The van der Waals surface area contributed by atoms with Crippen molar-refractivity contribution < 1.29 is 19.1 Å². The average molecular weight is 408 g/mol. The summed E-state index contributed by atoms with van der Waals surface area (Å²) in [6.45, 7) is 0.999. The Kier molecular flexibility index (Phi) is 5.75. The number of nitrogens with zero attached hydrogens (tertiary/aromatic N) is 1. The maximum Gasteiger partial charge on any atom is 0.331 e. The lowest BCUT2D eigenvalue weighted by Crippen LogP contribution is -2.56. The van der Waals surface area contributed by atoms with Crippen molar-refractivity contribution in [2.75, 3.05) is 20.2 Å². The fourth-order valence-electron chi connectivity index (χ4n) is 4.85. The van der Waals surface area contributed by atoms with E-state index in [1.54, 1.807) is 4.90 Å². The highest BCUT2D eigenvalue weighted by molar-refractivity contribution is 6.07. The van der Waals surface area contributed by atoms with Gasteiger partial charge in [-0.05, 0) is 42.5 Å². The number of methoxy groups -OCH3 is 1. The van der Waals surface area contributed by atoms with E-state index < -0.39 is 5.54 Å². The SMILES string of the molecule is COC(=O)C1(NC(=O)C2CCCN(C(=O)c3cccc4ccccc34)C2)CCCC1. The van der Waals surface area contributed by atoms with Gasteiger partial charge in [-0.1, -0.05) is 49.2 Å². The Labute approximate surface area is 176 Å². The molecular weight excluding hydrogens is 380 g/mol. The topological polar surface area (TPSA) is 75.7 Å². The van der Waals surface area contributed by atoms with E-state index in [0.29, 0.717) is 37.9 Å². The highest BCUT2D eigenvalue weighted by Crippen LogP contribution is 2.32. The van der Waals surface area contributed by atoms with Crippen LogP contribution in [0.1, 0.15) is 48.9 Å². The fourth-order valence-corrected chi connectivity index (χ4v) is 4.85. The third kappa shape index (κ3) is 3.78. The Bertz CT molecular complexity index is 959. The van der Waals surface area contributed by atoms with Crippen LogP contribution >= 0.6 is 0 Å². The number of hydrogen-bond donors (Lipinski definition) is 1. The predicted octanol–water partition coefficient (Wildman–Crippen LogP) is 3.29. The Hall–Kier alpha value is -2.89. The van der Waals surface area contributed by atoms with Crippen molar-refractivity contribution in [1.29, 1.82) is 0 Å². The van der Waals surface area contributed by atoms with Crippen LogP contribution in [0.25, 0.3) is 10.8 Å². The van der Waals surface area contributed by atoms with Crippen LogP contribution in [0.3, 0.4) is 0 Å². The largest absolute Gasteiger partial charge is 0.467 e. The summed E-state index contributed by atoms with van der Waals surface area (Å²) in [5, 5.41) is 4.94. The zero-order valence-electron chi connectivity index (χ0n) is 17.4. The second-order valence-electron chi connectivity index (χ2n) is 8.39. The molecule has 1 saturated heterocycles.